The lowest BCUT2D eigenvalue weighted by atomic mass is 10.1. The predicted molar refractivity (Wildman–Crippen MR) is 92.6 cm³/mol. The standard InChI is InChI=1S/C17H14ClFN4O3/c1-25-13-6-5-9(15-16(17(20)24)22-23-21-15)7-14(13)26-8-10-11(18)3-2-4-12(10)19/h2-7H,8H2,1H3,(H2,20,24)(H,21,22,23). The van der Waals surface area contributed by atoms with Crippen molar-refractivity contribution >= 4 is 17.5 Å². The molecule has 26 heavy (non-hydrogen) atoms. The summed E-state index contributed by atoms with van der Waals surface area (Å²) in [6, 6.07) is 9.29. The van der Waals surface area contributed by atoms with Gasteiger partial charge in [0.15, 0.2) is 17.2 Å². The first kappa shape index (κ1) is 17.7. The number of primary amides is 1. The van der Waals surface area contributed by atoms with Gasteiger partial charge in [0.1, 0.15) is 18.1 Å². The zero-order valence-corrected chi connectivity index (χ0v) is 14.4. The Morgan fingerprint density at radius 2 is 2.08 bits per heavy atom. The fourth-order valence-electron chi connectivity index (χ4n) is 2.36. The number of rotatable bonds is 6. The van der Waals surface area contributed by atoms with E-state index in [1.807, 2.05) is 0 Å². The van der Waals surface area contributed by atoms with Crippen molar-refractivity contribution in [1.29, 1.82) is 0 Å². The minimum absolute atomic E-state index is 0.00161. The zero-order chi connectivity index (χ0) is 18.7. The second kappa shape index (κ2) is 7.40. The lowest BCUT2D eigenvalue weighted by molar-refractivity contribution is 0.0996. The van der Waals surface area contributed by atoms with E-state index >= 15 is 0 Å². The van der Waals surface area contributed by atoms with Gasteiger partial charge in [-0.2, -0.15) is 15.4 Å². The number of hydrogen-bond donors (Lipinski definition) is 2. The average molecular weight is 377 g/mol. The monoisotopic (exact) mass is 376 g/mol. The fourth-order valence-corrected chi connectivity index (χ4v) is 2.58. The number of carbonyl (C=O) groups excluding carboxylic acids is 1. The number of methoxy groups -OCH3 is 1. The van der Waals surface area contributed by atoms with Gasteiger partial charge in [-0.15, -0.1) is 0 Å². The number of nitrogens with one attached hydrogen (secondary N) is 1. The second-order valence-corrected chi connectivity index (χ2v) is 5.65. The predicted octanol–water partition coefficient (Wildman–Crippen LogP) is 2.95. The lowest BCUT2D eigenvalue weighted by Gasteiger charge is -2.13. The van der Waals surface area contributed by atoms with Gasteiger partial charge in [-0.1, -0.05) is 17.7 Å². The van der Waals surface area contributed by atoms with Crippen molar-refractivity contribution in [3.63, 3.8) is 0 Å². The van der Waals surface area contributed by atoms with Crippen LogP contribution in [0.2, 0.25) is 5.02 Å². The number of benzene rings is 2. The van der Waals surface area contributed by atoms with E-state index in [4.69, 9.17) is 26.8 Å². The lowest BCUT2D eigenvalue weighted by Crippen LogP contribution is -2.12. The Hall–Kier alpha value is -3.13. The molecule has 0 aliphatic rings. The van der Waals surface area contributed by atoms with E-state index in [0.29, 0.717) is 17.1 Å². The zero-order valence-electron chi connectivity index (χ0n) is 13.6. The van der Waals surface area contributed by atoms with Crippen LogP contribution in [0.5, 0.6) is 11.5 Å². The number of aromatic nitrogens is 3. The van der Waals surface area contributed by atoms with Crippen LogP contribution < -0.4 is 15.2 Å². The summed E-state index contributed by atoms with van der Waals surface area (Å²) in [5, 5.41) is 10.3. The molecule has 0 spiro atoms. The molecular weight excluding hydrogens is 363 g/mol. The number of H-pyrrole nitrogens is 1. The van der Waals surface area contributed by atoms with Gasteiger partial charge in [-0.05, 0) is 30.3 Å². The number of halogens is 2. The minimum Gasteiger partial charge on any atom is -0.493 e. The highest BCUT2D eigenvalue weighted by molar-refractivity contribution is 6.31. The summed E-state index contributed by atoms with van der Waals surface area (Å²) < 4.78 is 24.9. The van der Waals surface area contributed by atoms with Crippen LogP contribution in [0.4, 0.5) is 4.39 Å². The summed E-state index contributed by atoms with van der Waals surface area (Å²) in [6.45, 7) is -0.104. The molecule has 0 bridgehead atoms. The van der Waals surface area contributed by atoms with Gasteiger partial charge in [0.25, 0.3) is 5.91 Å². The van der Waals surface area contributed by atoms with Gasteiger partial charge in [0, 0.05) is 11.1 Å². The van der Waals surface area contributed by atoms with Crippen LogP contribution in [0.25, 0.3) is 11.3 Å². The largest absolute Gasteiger partial charge is 0.493 e. The van der Waals surface area contributed by atoms with Crippen LogP contribution in [0, 0.1) is 5.82 Å². The molecule has 0 aliphatic carbocycles. The maximum atomic E-state index is 13.9. The quantitative estimate of drug-likeness (QED) is 0.688. The first-order chi connectivity index (χ1) is 12.5. The minimum atomic E-state index is -0.717. The molecule has 7 nitrogen and oxygen atoms in total. The van der Waals surface area contributed by atoms with E-state index in [1.165, 1.54) is 19.2 Å². The molecule has 3 aromatic rings. The van der Waals surface area contributed by atoms with E-state index in [0.717, 1.165) is 0 Å². The van der Waals surface area contributed by atoms with Gasteiger partial charge in [0.2, 0.25) is 0 Å². The summed E-state index contributed by atoms with van der Waals surface area (Å²) in [4.78, 5) is 11.4. The van der Waals surface area contributed by atoms with E-state index in [2.05, 4.69) is 15.4 Å². The van der Waals surface area contributed by atoms with Crippen LogP contribution in [0.15, 0.2) is 36.4 Å². The third kappa shape index (κ3) is 3.45. The molecule has 134 valence electrons. The van der Waals surface area contributed by atoms with Crippen molar-refractivity contribution in [1.82, 2.24) is 15.4 Å². The maximum Gasteiger partial charge on any atom is 0.271 e. The summed E-state index contributed by atoms with van der Waals surface area (Å²) >= 11 is 6.01. The molecule has 0 unspecified atom stereocenters. The third-order valence-corrected chi connectivity index (χ3v) is 4.01. The summed E-state index contributed by atoms with van der Waals surface area (Å²) in [6.07, 6.45) is 0. The van der Waals surface area contributed by atoms with Crippen molar-refractivity contribution in [3.8, 4) is 22.8 Å². The Bertz CT molecular complexity index is 941. The van der Waals surface area contributed by atoms with Crippen molar-refractivity contribution in [2.24, 2.45) is 5.73 Å². The topological polar surface area (TPSA) is 103 Å². The van der Waals surface area contributed by atoms with Crippen LogP contribution in [-0.2, 0) is 6.61 Å². The highest BCUT2D eigenvalue weighted by atomic mass is 35.5. The Labute approximate surface area is 152 Å². The van der Waals surface area contributed by atoms with Gasteiger partial charge in [-0.25, -0.2) is 4.39 Å². The van der Waals surface area contributed by atoms with Crippen molar-refractivity contribution < 1.29 is 18.7 Å². The summed E-state index contributed by atoms with van der Waals surface area (Å²) in [5.41, 5.74) is 6.31. The van der Waals surface area contributed by atoms with Crippen molar-refractivity contribution in [2.45, 2.75) is 6.61 Å². The molecule has 0 atom stereocenters. The Morgan fingerprint density at radius 3 is 2.77 bits per heavy atom. The summed E-state index contributed by atoms with van der Waals surface area (Å²) in [7, 11) is 1.48. The van der Waals surface area contributed by atoms with Crippen LogP contribution in [0.1, 0.15) is 16.1 Å². The first-order valence-corrected chi connectivity index (χ1v) is 7.83. The molecule has 0 saturated carbocycles. The number of aromatic amines is 1. The number of hydrogen-bond acceptors (Lipinski definition) is 5. The average Bonchev–Trinajstić information content (AvgIpc) is 3.11. The molecular formula is C17H14ClFN4O3. The third-order valence-electron chi connectivity index (χ3n) is 3.65. The fraction of sp³-hybridized carbons (Fsp3) is 0.118. The van der Waals surface area contributed by atoms with Crippen LogP contribution in [0.3, 0.4) is 0 Å². The molecule has 0 fully saturated rings. The Morgan fingerprint density at radius 1 is 1.27 bits per heavy atom. The van der Waals surface area contributed by atoms with Gasteiger partial charge in [-0.3, -0.25) is 4.79 Å². The highest BCUT2D eigenvalue weighted by Gasteiger charge is 2.18. The maximum absolute atomic E-state index is 13.9. The van der Waals surface area contributed by atoms with Crippen molar-refractivity contribution in [3.05, 3.63) is 58.5 Å². The smallest absolute Gasteiger partial charge is 0.271 e. The van der Waals surface area contributed by atoms with Gasteiger partial charge in [0.05, 0.1) is 12.1 Å². The molecule has 1 aromatic heterocycles. The normalized spacial score (nSPS) is 10.6. The Kier molecular flexibility index (Phi) is 5.04. The van der Waals surface area contributed by atoms with Gasteiger partial charge < -0.3 is 15.2 Å². The van der Waals surface area contributed by atoms with E-state index in [9.17, 15) is 9.18 Å². The second-order valence-electron chi connectivity index (χ2n) is 5.24. The number of nitrogens with zero attached hydrogens (tertiary/aromatic N) is 2. The SMILES string of the molecule is COc1ccc(-c2n[nH]nc2C(N)=O)cc1OCc1c(F)cccc1Cl. The number of ether oxygens (including phenoxy) is 2. The number of carbonyl (C=O) groups is 1. The van der Waals surface area contributed by atoms with E-state index in [1.54, 1.807) is 24.3 Å². The molecule has 3 rings (SSSR count). The number of amides is 1. The molecule has 3 N–H and O–H groups in total. The molecule has 0 saturated heterocycles. The Balaban J connectivity index is 1.93. The molecule has 1 heterocycles. The van der Waals surface area contributed by atoms with E-state index < -0.39 is 11.7 Å². The van der Waals surface area contributed by atoms with Crippen LogP contribution in [-0.4, -0.2) is 28.4 Å². The molecule has 9 heteroatoms. The highest BCUT2D eigenvalue weighted by Crippen LogP contribution is 2.33. The molecule has 0 aliphatic heterocycles. The molecule has 2 aromatic carbocycles. The van der Waals surface area contributed by atoms with Crippen LogP contribution >= 0.6 is 11.6 Å². The van der Waals surface area contributed by atoms with Crippen molar-refractivity contribution in [2.75, 3.05) is 7.11 Å². The van der Waals surface area contributed by atoms with Gasteiger partial charge >= 0.3 is 0 Å². The number of nitrogens with two attached hydrogens (primary N) is 1. The summed E-state index contributed by atoms with van der Waals surface area (Å²) in [5.74, 6) is -0.446. The molecule has 1 amide bonds. The first-order valence-electron chi connectivity index (χ1n) is 7.46. The van der Waals surface area contributed by atoms with E-state index in [-0.39, 0.29) is 28.6 Å². The molecule has 0 radical (unpaired) electrons.